The summed E-state index contributed by atoms with van der Waals surface area (Å²) in [7, 11) is 0. The van der Waals surface area contributed by atoms with Crippen LogP contribution in [-0.2, 0) is 0 Å². The molecule has 0 aliphatic heterocycles. The Bertz CT molecular complexity index is 329. The summed E-state index contributed by atoms with van der Waals surface area (Å²) in [5, 5.41) is 9.86. The van der Waals surface area contributed by atoms with Crippen molar-refractivity contribution in [2.75, 3.05) is 6.61 Å². The molecule has 3 aliphatic rings. The van der Waals surface area contributed by atoms with Gasteiger partial charge in [-0.25, -0.2) is 0 Å². The molecule has 0 amide bonds. The second kappa shape index (κ2) is 7.88. The third-order valence-corrected chi connectivity index (χ3v) is 7.83. The van der Waals surface area contributed by atoms with Crippen LogP contribution in [0.15, 0.2) is 0 Å². The zero-order valence-corrected chi connectivity index (χ0v) is 15.1. The lowest BCUT2D eigenvalue weighted by molar-refractivity contribution is 0.0630. The molecule has 3 saturated carbocycles. The first kappa shape index (κ1) is 17.1. The number of aliphatic hydroxyl groups excluding tert-OH is 1. The lowest BCUT2D eigenvalue weighted by Gasteiger charge is -2.43. The van der Waals surface area contributed by atoms with Gasteiger partial charge < -0.3 is 5.11 Å². The lowest BCUT2D eigenvalue weighted by Crippen LogP contribution is -2.33. The highest BCUT2D eigenvalue weighted by molar-refractivity contribution is 6.20. The van der Waals surface area contributed by atoms with Crippen molar-refractivity contribution in [3.05, 3.63) is 0 Å². The maximum absolute atomic E-state index is 9.39. The molecular weight excluding hydrogens is 292 g/mol. The predicted octanol–water partition coefficient (Wildman–Crippen LogP) is 5.64. The van der Waals surface area contributed by atoms with Gasteiger partial charge in [0, 0.05) is 12.0 Å². The molecular formula is C20H35ClO. The Labute approximate surface area is 142 Å². The van der Waals surface area contributed by atoms with Crippen molar-refractivity contribution in [3.8, 4) is 0 Å². The van der Waals surface area contributed by atoms with Crippen LogP contribution < -0.4 is 0 Å². The molecule has 0 heterocycles. The van der Waals surface area contributed by atoms with Crippen molar-refractivity contribution < 1.29 is 5.11 Å². The molecule has 128 valence electrons. The van der Waals surface area contributed by atoms with Crippen molar-refractivity contribution in [2.24, 2.45) is 35.5 Å². The summed E-state index contributed by atoms with van der Waals surface area (Å²) in [6.45, 7) is 2.85. The van der Waals surface area contributed by atoms with Crippen LogP contribution in [0.5, 0.6) is 0 Å². The van der Waals surface area contributed by atoms with Crippen molar-refractivity contribution in [2.45, 2.75) is 82.9 Å². The first-order valence-electron chi connectivity index (χ1n) is 9.92. The predicted molar refractivity (Wildman–Crippen MR) is 94.1 cm³/mol. The Morgan fingerprint density at radius 1 is 0.773 bits per heavy atom. The topological polar surface area (TPSA) is 20.2 Å². The van der Waals surface area contributed by atoms with E-state index in [0.717, 1.165) is 29.6 Å². The van der Waals surface area contributed by atoms with Gasteiger partial charge in [0.25, 0.3) is 0 Å². The average Bonchev–Trinajstić information content (AvgIpc) is 2.56. The van der Waals surface area contributed by atoms with Gasteiger partial charge >= 0.3 is 0 Å². The van der Waals surface area contributed by atoms with Crippen LogP contribution in [0, 0.1) is 35.5 Å². The van der Waals surface area contributed by atoms with Gasteiger partial charge in [0.15, 0.2) is 0 Å². The fraction of sp³-hybridized carbons (Fsp3) is 1.00. The van der Waals surface area contributed by atoms with Gasteiger partial charge in [-0.3, -0.25) is 0 Å². The number of aliphatic hydroxyl groups is 1. The van der Waals surface area contributed by atoms with Crippen LogP contribution in [0.2, 0.25) is 0 Å². The lowest BCUT2D eigenvalue weighted by atomic mass is 9.63. The van der Waals surface area contributed by atoms with Crippen molar-refractivity contribution in [1.82, 2.24) is 0 Å². The van der Waals surface area contributed by atoms with Gasteiger partial charge in [-0.2, -0.15) is 0 Å². The molecule has 1 N–H and O–H groups in total. The normalized spacial score (nSPS) is 47.3. The molecule has 0 bridgehead atoms. The molecule has 3 atom stereocenters. The maximum atomic E-state index is 9.39. The third kappa shape index (κ3) is 4.01. The van der Waals surface area contributed by atoms with Crippen LogP contribution >= 0.6 is 11.6 Å². The Morgan fingerprint density at radius 3 is 1.86 bits per heavy atom. The van der Waals surface area contributed by atoms with E-state index in [2.05, 4.69) is 6.92 Å². The number of rotatable bonds is 3. The second-order valence-corrected chi connectivity index (χ2v) is 9.31. The molecule has 3 aliphatic carbocycles. The van der Waals surface area contributed by atoms with E-state index in [4.69, 9.17) is 11.6 Å². The number of hydrogen-bond donors (Lipinski definition) is 1. The summed E-state index contributed by atoms with van der Waals surface area (Å²) in [5.41, 5.74) is 0. The van der Waals surface area contributed by atoms with Crippen molar-refractivity contribution >= 4 is 11.6 Å². The van der Waals surface area contributed by atoms with Gasteiger partial charge in [0.1, 0.15) is 0 Å². The van der Waals surface area contributed by atoms with E-state index in [9.17, 15) is 5.11 Å². The summed E-state index contributed by atoms with van der Waals surface area (Å²) in [6, 6.07) is 0. The van der Waals surface area contributed by atoms with Crippen LogP contribution in [0.3, 0.4) is 0 Å². The van der Waals surface area contributed by atoms with Crippen LogP contribution in [0.1, 0.15) is 77.6 Å². The van der Waals surface area contributed by atoms with Gasteiger partial charge in [-0.1, -0.05) is 6.92 Å². The number of hydrogen-bond acceptors (Lipinski definition) is 1. The quantitative estimate of drug-likeness (QED) is 0.666. The molecule has 0 saturated heterocycles. The van der Waals surface area contributed by atoms with E-state index in [0.29, 0.717) is 17.9 Å². The number of halogens is 1. The van der Waals surface area contributed by atoms with Crippen LogP contribution in [-0.4, -0.2) is 17.1 Å². The fourth-order valence-corrected chi connectivity index (χ4v) is 6.24. The minimum absolute atomic E-state index is 0.410. The molecule has 0 aromatic rings. The molecule has 0 spiro atoms. The molecule has 3 unspecified atom stereocenters. The first-order chi connectivity index (χ1) is 10.7. The van der Waals surface area contributed by atoms with E-state index in [-0.39, 0.29) is 0 Å². The molecule has 0 radical (unpaired) electrons. The average molecular weight is 327 g/mol. The highest BCUT2D eigenvalue weighted by atomic mass is 35.5. The SMILES string of the molecule is CC1CC(CO)CCC1C1CCC(C2CCC(Cl)CC2)CC1. The molecule has 2 heteroatoms. The minimum atomic E-state index is 0.410. The van der Waals surface area contributed by atoms with Gasteiger partial charge in [0.05, 0.1) is 0 Å². The molecule has 22 heavy (non-hydrogen) atoms. The monoisotopic (exact) mass is 326 g/mol. The Balaban J connectivity index is 1.45. The van der Waals surface area contributed by atoms with Crippen molar-refractivity contribution in [3.63, 3.8) is 0 Å². The number of alkyl halides is 1. The Morgan fingerprint density at radius 2 is 1.32 bits per heavy atom. The minimum Gasteiger partial charge on any atom is -0.396 e. The van der Waals surface area contributed by atoms with Gasteiger partial charge in [-0.05, 0) is 106 Å². The van der Waals surface area contributed by atoms with Gasteiger partial charge in [-0.15, -0.1) is 11.6 Å². The standard InChI is InChI=1S/C20H35ClO/c1-14-12-15(13-22)2-11-20(14)18-5-3-16(4-6-18)17-7-9-19(21)10-8-17/h14-20,22H,2-13H2,1H3. The largest absolute Gasteiger partial charge is 0.396 e. The first-order valence-corrected chi connectivity index (χ1v) is 10.4. The van der Waals surface area contributed by atoms with E-state index in [1.165, 1.54) is 70.6 Å². The van der Waals surface area contributed by atoms with E-state index >= 15 is 0 Å². The van der Waals surface area contributed by atoms with Crippen LogP contribution in [0.4, 0.5) is 0 Å². The van der Waals surface area contributed by atoms with Crippen molar-refractivity contribution in [1.29, 1.82) is 0 Å². The van der Waals surface area contributed by atoms with Crippen LogP contribution in [0.25, 0.3) is 0 Å². The maximum Gasteiger partial charge on any atom is 0.0459 e. The molecule has 0 aromatic heterocycles. The zero-order valence-electron chi connectivity index (χ0n) is 14.4. The van der Waals surface area contributed by atoms with E-state index in [1.54, 1.807) is 0 Å². The zero-order chi connectivity index (χ0) is 15.5. The summed E-state index contributed by atoms with van der Waals surface area (Å²) < 4.78 is 0. The Hall–Kier alpha value is 0.250. The third-order valence-electron chi connectivity index (χ3n) is 7.39. The highest BCUT2D eigenvalue weighted by Crippen LogP contribution is 2.47. The van der Waals surface area contributed by atoms with E-state index in [1.807, 2.05) is 0 Å². The van der Waals surface area contributed by atoms with Gasteiger partial charge in [0.2, 0.25) is 0 Å². The smallest absolute Gasteiger partial charge is 0.0459 e. The Kier molecular flexibility index (Phi) is 6.12. The molecule has 0 aromatic carbocycles. The summed E-state index contributed by atoms with van der Waals surface area (Å²) in [5.74, 6) is 5.34. The molecule has 1 nitrogen and oxygen atoms in total. The summed E-state index contributed by atoms with van der Waals surface area (Å²) >= 11 is 6.27. The molecule has 3 fully saturated rings. The second-order valence-electron chi connectivity index (χ2n) is 8.69. The fourth-order valence-electron chi connectivity index (χ4n) is 5.99. The highest BCUT2D eigenvalue weighted by Gasteiger charge is 2.36. The molecule has 3 rings (SSSR count). The van der Waals surface area contributed by atoms with E-state index < -0.39 is 0 Å². The summed E-state index contributed by atoms with van der Waals surface area (Å²) in [4.78, 5) is 0. The summed E-state index contributed by atoms with van der Waals surface area (Å²) in [6.07, 6.45) is 15.1.